The van der Waals surface area contributed by atoms with Gasteiger partial charge in [0, 0.05) is 30.6 Å². The third kappa shape index (κ3) is 3.14. The monoisotopic (exact) mass is 394 g/mol. The SMILES string of the molecule is CN1CC2(CC1c1noc(-c3ccccc3)n1)CN(C(=O)Cc1ccsc1)C2. The Bertz CT molecular complexity index is 963. The van der Waals surface area contributed by atoms with Crippen molar-refractivity contribution in [3.63, 3.8) is 0 Å². The summed E-state index contributed by atoms with van der Waals surface area (Å²) in [5.41, 5.74) is 2.19. The molecule has 1 spiro atoms. The summed E-state index contributed by atoms with van der Waals surface area (Å²) < 4.78 is 5.50. The fraction of sp³-hybridized carbons (Fsp3) is 0.381. The van der Waals surface area contributed by atoms with Gasteiger partial charge in [-0.3, -0.25) is 9.69 Å². The predicted molar refractivity (Wildman–Crippen MR) is 107 cm³/mol. The Balaban J connectivity index is 1.24. The van der Waals surface area contributed by atoms with Crippen LogP contribution in [-0.4, -0.2) is 52.5 Å². The van der Waals surface area contributed by atoms with Crippen LogP contribution in [0.4, 0.5) is 0 Å². The summed E-state index contributed by atoms with van der Waals surface area (Å²) in [6.07, 6.45) is 1.46. The maximum Gasteiger partial charge on any atom is 0.257 e. The highest BCUT2D eigenvalue weighted by Gasteiger charge is 2.52. The number of carbonyl (C=O) groups excluding carboxylic acids is 1. The number of benzene rings is 1. The molecule has 28 heavy (non-hydrogen) atoms. The topological polar surface area (TPSA) is 62.5 Å². The van der Waals surface area contributed by atoms with Gasteiger partial charge < -0.3 is 9.42 Å². The standard InChI is InChI=1S/C21H22N4O2S/c1-24-12-21(13-25(14-21)18(26)9-15-7-8-28-11-15)10-17(24)19-22-20(27-23-19)16-5-3-2-4-6-16/h2-8,11,17H,9-10,12-14H2,1H3. The minimum atomic E-state index is 0.135. The van der Waals surface area contributed by atoms with Gasteiger partial charge in [0.05, 0.1) is 12.5 Å². The maximum absolute atomic E-state index is 12.5. The summed E-state index contributed by atoms with van der Waals surface area (Å²) in [6.45, 7) is 2.59. The second-order valence-electron chi connectivity index (χ2n) is 8.02. The van der Waals surface area contributed by atoms with Crippen molar-refractivity contribution in [2.24, 2.45) is 5.41 Å². The van der Waals surface area contributed by atoms with E-state index in [9.17, 15) is 4.79 Å². The molecule has 1 unspecified atom stereocenters. The Morgan fingerprint density at radius 3 is 2.82 bits per heavy atom. The van der Waals surface area contributed by atoms with Crippen LogP contribution in [0, 0.1) is 5.41 Å². The lowest BCUT2D eigenvalue weighted by atomic mass is 9.77. The van der Waals surface area contributed by atoms with Crippen molar-refractivity contribution >= 4 is 17.2 Å². The molecule has 0 saturated carbocycles. The second-order valence-corrected chi connectivity index (χ2v) is 8.80. The van der Waals surface area contributed by atoms with Crippen molar-refractivity contribution in [2.45, 2.75) is 18.9 Å². The molecule has 3 aromatic rings. The zero-order valence-electron chi connectivity index (χ0n) is 15.7. The van der Waals surface area contributed by atoms with E-state index in [1.54, 1.807) is 11.3 Å². The van der Waals surface area contributed by atoms with Gasteiger partial charge in [-0.15, -0.1) is 0 Å². The summed E-state index contributed by atoms with van der Waals surface area (Å²) in [5, 5.41) is 8.31. The van der Waals surface area contributed by atoms with Gasteiger partial charge in [-0.1, -0.05) is 23.4 Å². The average Bonchev–Trinajstić information content (AvgIpc) is 3.40. The number of aromatic nitrogens is 2. The highest BCUT2D eigenvalue weighted by atomic mass is 32.1. The van der Waals surface area contributed by atoms with Crippen LogP contribution in [0.25, 0.3) is 11.5 Å². The molecule has 6 nitrogen and oxygen atoms in total. The highest BCUT2D eigenvalue weighted by Crippen LogP contribution is 2.47. The van der Waals surface area contributed by atoms with Gasteiger partial charge >= 0.3 is 0 Å². The lowest BCUT2D eigenvalue weighted by Gasteiger charge is -2.48. The Labute approximate surface area is 167 Å². The molecule has 2 fully saturated rings. The molecular weight excluding hydrogens is 372 g/mol. The summed E-state index contributed by atoms with van der Waals surface area (Å²) in [7, 11) is 2.10. The van der Waals surface area contributed by atoms with Gasteiger partial charge in [0.2, 0.25) is 5.91 Å². The lowest BCUT2D eigenvalue weighted by Crippen LogP contribution is -2.59. The van der Waals surface area contributed by atoms with Crippen LogP contribution >= 0.6 is 11.3 Å². The number of likely N-dealkylation sites (tertiary alicyclic amines) is 2. The normalized spacial score (nSPS) is 21.2. The van der Waals surface area contributed by atoms with E-state index in [1.807, 2.05) is 52.1 Å². The van der Waals surface area contributed by atoms with Crippen LogP contribution < -0.4 is 0 Å². The molecule has 0 bridgehead atoms. The molecule has 0 aliphatic carbocycles. The quantitative estimate of drug-likeness (QED) is 0.680. The third-order valence-electron chi connectivity index (χ3n) is 5.84. The molecule has 1 aromatic carbocycles. The van der Waals surface area contributed by atoms with Crippen molar-refractivity contribution in [3.8, 4) is 11.5 Å². The lowest BCUT2D eigenvalue weighted by molar-refractivity contribution is -0.141. The first-order chi connectivity index (χ1) is 13.6. The first-order valence-corrected chi connectivity index (χ1v) is 10.4. The highest BCUT2D eigenvalue weighted by molar-refractivity contribution is 7.08. The van der Waals surface area contributed by atoms with Gasteiger partial charge in [0.15, 0.2) is 5.82 Å². The van der Waals surface area contributed by atoms with E-state index in [0.29, 0.717) is 12.3 Å². The molecule has 4 heterocycles. The molecule has 1 atom stereocenters. The van der Waals surface area contributed by atoms with E-state index in [4.69, 9.17) is 4.52 Å². The zero-order chi connectivity index (χ0) is 19.1. The Morgan fingerprint density at radius 2 is 2.07 bits per heavy atom. The number of thiophene rings is 1. The van der Waals surface area contributed by atoms with Crippen molar-refractivity contribution in [2.75, 3.05) is 26.7 Å². The molecule has 2 aliphatic heterocycles. The molecule has 1 amide bonds. The van der Waals surface area contributed by atoms with E-state index in [2.05, 4.69) is 22.1 Å². The molecule has 144 valence electrons. The van der Waals surface area contributed by atoms with Crippen LogP contribution in [0.15, 0.2) is 51.7 Å². The van der Waals surface area contributed by atoms with Crippen LogP contribution in [0.2, 0.25) is 0 Å². The van der Waals surface area contributed by atoms with Crippen molar-refractivity contribution in [1.82, 2.24) is 19.9 Å². The first-order valence-electron chi connectivity index (χ1n) is 9.50. The molecular formula is C21H22N4O2S. The van der Waals surface area contributed by atoms with Crippen molar-refractivity contribution < 1.29 is 9.32 Å². The van der Waals surface area contributed by atoms with Crippen LogP contribution in [-0.2, 0) is 11.2 Å². The predicted octanol–water partition coefficient (Wildman–Crippen LogP) is 3.25. The fourth-order valence-electron chi connectivity index (χ4n) is 4.47. The Hall–Kier alpha value is -2.51. The Kier molecular flexibility index (Phi) is 4.29. The third-order valence-corrected chi connectivity index (χ3v) is 6.58. The molecule has 2 aliphatic rings. The van der Waals surface area contributed by atoms with Gasteiger partial charge in [-0.2, -0.15) is 16.3 Å². The van der Waals surface area contributed by atoms with Gasteiger partial charge in [-0.05, 0) is 48.0 Å². The van der Waals surface area contributed by atoms with Crippen LogP contribution in [0.3, 0.4) is 0 Å². The molecule has 0 radical (unpaired) electrons. The summed E-state index contributed by atoms with van der Waals surface area (Å²) in [4.78, 5) is 21.4. The largest absolute Gasteiger partial charge is 0.341 e. The van der Waals surface area contributed by atoms with E-state index in [0.717, 1.165) is 43.0 Å². The van der Waals surface area contributed by atoms with Crippen LogP contribution in [0.1, 0.15) is 23.9 Å². The van der Waals surface area contributed by atoms with E-state index >= 15 is 0 Å². The maximum atomic E-state index is 12.5. The number of nitrogens with zero attached hydrogens (tertiary/aromatic N) is 4. The molecule has 5 rings (SSSR count). The van der Waals surface area contributed by atoms with Crippen molar-refractivity contribution in [1.29, 1.82) is 0 Å². The van der Waals surface area contributed by atoms with E-state index < -0.39 is 0 Å². The molecule has 2 aromatic heterocycles. The van der Waals surface area contributed by atoms with E-state index in [-0.39, 0.29) is 17.4 Å². The summed E-state index contributed by atoms with van der Waals surface area (Å²) in [5.74, 6) is 1.52. The van der Waals surface area contributed by atoms with E-state index in [1.165, 1.54) is 0 Å². The van der Waals surface area contributed by atoms with Gasteiger partial charge in [0.1, 0.15) is 0 Å². The zero-order valence-corrected chi connectivity index (χ0v) is 16.6. The average molecular weight is 395 g/mol. The number of rotatable bonds is 4. The van der Waals surface area contributed by atoms with Crippen LogP contribution in [0.5, 0.6) is 0 Å². The number of hydrogen-bond acceptors (Lipinski definition) is 6. The number of amides is 1. The fourth-order valence-corrected chi connectivity index (χ4v) is 5.14. The van der Waals surface area contributed by atoms with Gasteiger partial charge in [-0.25, -0.2) is 0 Å². The summed E-state index contributed by atoms with van der Waals surface area (Å²) >= 11 is 1.64. The second kappa shape index (κ2) is 6.83. The summed E-state index contributed by atoms with van der Waals surface area (Å²) in [6, 6.07) is 12.0. The minimum Gasteiger partial charge on any atom is -0.341 e. The Morgan fingerprint density at radius 1 is 1.25 bits per heavy atom. The number of hydrogen-bond donors (Lipinski definition) is 0. The minimum absolute atomic E-state index is 0.135. The first kappa shape index (κ1) is 17.6. The number of carbonyl (C=O) groups is 1. The smallest absolute Gasteiger partial charge is 0.257 e. The van der Waals surface area contributed by atoms with Crippen molar-refractivity contribution in [3.05, 3.63) is 58.5 Å². The molecule has 0 N–H and O–H groups in total. The molecule has 7 heteroatoms. The molecule has 2 saturated heterocycles. The van der Waals surface area contributed by atoms with Gasteiger partial charge in [0.25, 0.3) is 5.89 Å².